The smallest absolute Gasteiger partial charge is 0.261 e. The molecule has 1 fully saturated rings. The molecule has 0 aromatic carbocycles. The van der Waals surface area contributed by atoms with Gasteiger partial charge in [-0.3, -0.25) is 4.79 Å². The van der Waals surface area contributed by atoms with Crippen LogP contribution < -0.4 is 5.32 Å². The average molecular weight is 278 g/mol. The predicted octanol–water partition coefficient (Wildman–Crippen LogP) is 3.87. The van der Waals surface area contributed by atoms with Crippen LogP contribution in [-0.4, -0.2) is 12.5 Å². The first-order chi connectivity index (χ1) is 9.29. The summed E-state index contributed by atoms with van der Waals surface area (Å²) in [7, 11) is 0. The number of rotatable bonds is 5. The third-order valence-corrected chi connectivity index (χ3v) is 4.52. The molecule has 1 heterocycles. The van der Waals surface area contributed by atoms with E-state index in [0.29, 0.717) is 17.3 Å². The largest absolute Gasteiger partial charge is 0.351 e. The maximum absolute atomic E-state index is 12.0. The second kappa shape index (κ2) is 7.16. The molecular formula is C13H18N4OS. The van der Waals surface area contributed by atoms with Gasteiger partial charge in [-0.2, -0.15) is 0 Å². The number of hydrogen-bond donors (Lipinski definition) is 1. The summed E-state index contributed by atoms with van der Waals surface area (Å²) in [5, 5.41) is 6.50. The summed E-state index contributed by atoms with van der Waals surface area (Å²) in [5.74, 6) is 0.628. The van der Waals surface area contributed by atoms with Gasteiger partial charge in [0.2, 0.25) is 0 Å². The minimum atomic E-state index is -0.0113. The van der Waals surface area contributed by atoms with E-state index in [1.54, 1.807) is 6.07 Å². The average Bonchev–Trinajstić information content (AvgIpc) is 2.92. The number of nitrogens with zero attached hydrogens (tertiary/aromatic N) is 3. The van der Waals surface area contributed by atoms with E-state index < -0.39 is 0 Å². The van der Waals surface area contributed by atoms with Gasteiger partial charge in [0.25, 0.3) is 5.91 Å². The van der Waals surface area contributed by atoms with Gasteiger partial charge in [0.1, 0.15) is 0 Å². The van der Waals surface area contributed by atoms with Gasteiger partial charge in [-0.15, -0.1) is 11.3 Å². The molecule has 1 saturated carbocycles. The first-order valence-corrected chi connectivity index (χ1v) is 7.49. The van der Waals surface area contributed by atoms with Gasteiger partial charge in [0.15, 0.2) is 0 Å². The van der Waals surface area contributed by atoms with Crippen LogP contribution in [0.4, 0.5) is 0 Å². The zero-order chi connectivity index (χ0) is 13.5. The summed E-state index contributed by atoms with van der Waals surface area (Å²) in [5.41, 5.74) is 8.26. The Morgan fingerprint density at radius 1 is 1.42 bits per heavy atom. The monoisotopic (exact) mass is 278 g/mol. The van der Waals surface area contributed by atoms with Crippen LogP contribution in [0, 0.1) is 5.92 Å². The quantitative estimate of drug-likeness (QED) is 0.495. The lowest BCUT2D eigenvalue weighted by atomic mass is 9.89. The van der Waals surface area contributed by atoms with Gasteiger partial charge < -0.3 is 5.32 Å². The van der Waals surface area contributed by atoms with Crippen LogP contribution in [0.3, 0.4) is 0 Å². The SMILES string of the molecule is [N-]=[N+]=NCc1ccc(C(=O)NCC2CCCCC2)s1. The van der Waals surface area contributed by atoms with Crippen molar-refractivity contribution in [3.8, 4) is 0 Å². The maximum atomic E-state index is 12.0. The molecule has 1 aliphatic carbocycles. The van der Waals surface area contributed by atoms with E-state index in [-0.39, 0.29) is 5.91 Å². The first-order valence-electron chi connectivity index (χ1n) is 6.67. The van der Waals surface area contributed by atoms with Crippen LogP contribution in [-0.2, 0) is 6.54 Å². The molecule has 0 saturated heterocycles. The zero-order valence-electron chi connectivity index (χ0n) is 10.8. The molecule has 102 valence electrons. The van der Waals surface area contributed by atoms with Crippen molar-refractivity contribution in [2.24, 2.45) is 11.0 Å². The van der Waals surface area contributed by atoms with Crippen molar-refractivity contribution in [3.63, 3.8) is 0 Å². The molecule has 0 radical (unpaired) electrons. The molecule has 1 aromatic rings. The number of nitrogens with one attached hydrogen (secondary N) is 1. The van der Waals surface area contributed by atoms with Crippen molar-refractivity contribution in [3.05, 3.63) is 32.3 Å². The highest BCUT2D eigenvalue weighted by atomic mass is 32.1. The van der Waals surface area contributed by atoms with E-state index in [0.717, 1.165) is 11.4 Å². The number of azide groups is 1. The number of thiophene rings is 1. The molecule has 6 heteroatoms. The Bertz CT molecular complexity index is 473. The van der Waals surface area contributed by atoms with Crippen molar-refractivity contribution in [2.75, 3.05) is 6.54 Å². The van der Waals surface area contributed by atoms with Crippen molar-refractivity contribution in [1.82, 2.24) is 5.32 Å². The second-order valence-corrected chi connectivity index (χ2v) is 6.04. The van der Waals surface area contributed by atoms with Crippen LogP contribution in [0.1, 0.15) is 46.7 Å². The Labute approximate surface area is 116 Å². The fourth-order valence-electron chi connectivity index (χ4n) is 2.40. The lowest BCUT2D eigenvalue weighted by Crippen LogP contribution is -2.29. The van der Waals surface area contributed by atoms with Gasteiger partial charge in [-0.1, -0.05) is 24.4 Å². The molecule has 0 spiro atoms. The molecule has 19 heavy (non-hydrogen) atoms. The van der Waals surface area contributed by atoms with Crippen LogP contribution in [0.15, 0.2) is 17.2 Å². The Hall–Kier alpha value is -1.52. The normalized spacial score (nSPS) is 15.8. The molecule has 0 bridgehead atoms. The van der Waals surface area contributed by atoms with Gasteiger partial charge in [-0.25, -0.2) is 0 Å². The summed E-state index contributed by atoms with van der Waals surface area (Å²) in [4.78, 5) is 16.3. The Balaban J connectivity index is 1.81. The summed E-state index contributed by atoms with van der Waals surface area (Å²) < 4.78 is 0. The van der Waals surface area contributed by atoms with Crippen LogP contribution >= 0.6 is 11.3 Å². The summed E-state index contributed by atoms with van der Waals surface area (Å²) in [6.45, 7) is 1.10. The summed E-state index contributed by atoms with van der Waals surface area (Å²) in [6, 6.07) is 3.64. The van der Waals surface area contributed by atoms with Gasteiger partial charge in [0.05, 0.1) is 11.4 Å². The summed E-state index contributed by atoms with van der Waals surface area (Å²) in [6.07, 6.45) is 6.36. The zero-order valence-corrected chi connectivity index (χ0v) is 11.7. The first kappa shape index (κ1) is 13.9. The van der Waals surface area contributed by atoms with Crippen molar-refractivity contribution >= 4 is 17.2 Å². The maximum Gasteiger partial charge on any atom is 0.261 e. The third kappa shape index (κ3) is 4.26. The molecule has 0 aliphatic heterocycles. The molecule has 1 aliphatic rings. The fourth-order valence-corrected chi connectivity index (χ4v) is 3.24. The Morgan fingerprint density at radius 2 is 2.21 bits per heavy atom. The lowest BCUT2D eigenvalue weighted by Gasteiger charge is -2.21. The van der Waals surface area contributed by atoms with E-state index in [1.807, 2.05) is 6.07 Å². The molecule has 1 N–H and O–H groups in total. The van der Waals surface area contributed by atoms with Crippen LogP contribution in [0.2, 0.25) is 0 Å². The second-order valence-electron chi connectivity index (χ2n) is 4.87. The van der Waals surface area contributed by atoms with Gasteiger partial charge in [-0.05, 0) is 36.4 Å². The highest BCUT2D eigenvalue weighted by Gasteiger charge is 2.15. The van der Waals surface area contributed by atoms with E-state index in [2.05, 4.69) is 15.3 Å². The molecule has 0 atom stereocenters. The van der Waals surface area contributed by atoms with Gasteiger partial charge in [0, 0.05) is 16.3 Å². The Morgan fingerprint density at radius 3 is 2.95 bits per heavy atom. The molecule has 1 aromatic heterocycles. The topological polar surface area (TPSA) is 77.9 Å². The van der Waals surface area contributed by atoms with Gasteiger partial charge >= 0.3 is 0 Å². The molecule has 0 unspecified atom stereocenters. The predicted molar refractivity (Wildman–Crippen MR) is 76.1 cm³/mol. The van der Waals surface area contributed by atoms with Crippen molar-refractivity contribution in [2.45, 2.75) is 38.6 Å². The number of carbonyl (C=O) groups is 1. The van der Waals surface area contributed by atoms with E-state index in [1.165, 1.54) is 43.4 Å². The summed E-state index contributed by atoms with van der Waals surface area (Å²) >= 11 is 1.39. The highest BCUT2D eigenvalue weighted by molar-refractivity contribution is 7.14. The molecular weight excluding hydrogens is 260 g/mol. The number of carbonyl (C=O) groups excluding carboxylic acids is 1. The van der Waals surface area contributed by atoms with E-state index in [4.69, 9.17) is 5.53 Å². The molecule has 5 nitrogen and oxygen atoms in total. The standard InChI is InChI=1S/C13H18N4OS/c14-17-16-9-11-6-7-12(19-11)13(18)15-8-10-4-2-1-3-5-10/h6-7,10H,1-5,8-9H2,(H,15,18). The van der Waals surface area contributed by atoms with Crippen LogP contribution in [0.25, 0.3) is 10.4 Å². The van der Waals surface area contributed by atoms with Crippen molar-refractivity contribution in [1.29, 1.82) is 0 Å². The minimum absolute atomic E-state index is 0.0113. The number of hydrogen-bond acceptors (Lipinski definition) is 3. The minimum Gasteiger partial charge on any atom is -0.351 e. The molecule has 1 amide bonds. The third-order valence-electron chi connectivity index (χ3n) is 3.45. The Kier molecular flexibility index (Phi) is 5.24. The number of amides is 1. The lowest BCUT2D eigenvalue weighted by molar-refractivity contribution is 0.0947. The van der Waals surface area contributed by atoms with Crippen molar-refractivity contribution < 1.29 is 4.79 Å². The molecule has 2 rings (SSSR count). The van der Waals surface area contributed by atoms with E-state index in [9.17, 15) is 4.79 Å². The van der Waals surface area contributed by atoms with Crippen LogP contribution in [0.5, 0.6) is 0 Å². The van der Waals surface area contributed by atoms with E-state index >= 15 is 0 Å². The highest BCUT2D eigenvalue weighted by Crippen LogP contribution is 2.23. The fraction of sp³-hybridized carbons (Fsp3) is 0.615.